The van der Waals surface area contributed by atoms with Gasteiger partial charge in [0.25, 0.3) is 0 Å². The second-order valence-corrected chi connectivity index (χ2v) is 10.1. The summed E-state index contributed by atoms with van der Waals surface area (Å²) in [7, 11) is 3.85. The van der Waals surface area contributed by atoms with Crippen LogP contribution in [0.3, 0.4) is 0 Å². The van der Waals surface area contributed by atoms with Gasteiger partial charge in [0, 0.05) is 55.8 Å². The number of hydrogen-bond acceptors (Lipinski definition) is 6. The van der Waals surface area contributed by atoms with E-state index >= 15 is 0 Å². The number of likely N-dealkylation sites (N-methyl/N-ethyl adjacent to an activating group) is 1. The highest BCUT2D eigenvalue weighted by Crippen LogP contribution is 2.43. The quantitative estimate of drug-likeness (QED) is 0.291. The van der Waals surface area contributed by atoms with Crippen LogP contribution < -0.4 is 15.1 Å². The number of aromatic nitrogens is 2. The first-order chi connectivity index (χ1) is 18.4. The molecule has 1 aromatic heterocycles. The van der Waals surface area contributed by atoms with E-state index < -0.39 is 5.82 Å². The number of amides is 1. The van der Waals surface area contributed by atoms with Crippen molar-refractivity contribution in [2.24, 2.45) is 0 Å². The van der Waals surface area contributed by atoms with Crippen molar-refractivity contribution >= 4 is 40.3 Å². The Bertz CT molecular complexity index is 1470. The number of benzene rings is 3. The van der Waals surface area contributed by atoms with E-state index in [9.17, 15) is 14.3 Å². The summed E-state index contributed by atoms with van der Waals surface area (Å²) in [6, 6.07) is 11.6. The smallest absolute Gasteiger partial charge is 0.214 e. The van der Waals surface area contributed by atoms with Crippen LogP contribution in [0, 0.1) is 5.82 Å². The van der Waals surface area contributed by atoms with Crippen molar-refractivity contribution in [2.45, 2.75) is 0 Å². The fourth-order valence-electron chi connectivity index (χ4n) is 4.83. The summed E-state index contributed by atoms with van der Waals surface area (Å²) < 4.78 is 15.0. The Balaban J connectivity index is 1.55. The molecular weight excluding hydrogens is 507 g/mol. The number of fused-ring (bicyclic) bond motifs is 1. The Kier molecular flexibility index (Phi) is 7.51. The van der Waals surface area contributed by atoms with E-state index in [-0.39, 0.29) is 5.75 Å². The van der Waals surface area contributed by atoms with Crippen LogP contribution in [0.5, 0.6) is 5.75 Å². The molecule has 5 rings (SSSR count). The third kappa shape index (κ3) is 5.18. The van der Waals surface area contributed by atoms with Gasteiger partial charge in [0.1, 0.15) is 11.6 Å². The van der Waals surface area contributed by atoms with Gasteiger partial charge >= 0.3 is 0 Å². The van der Waals surface area contributed by atoms with E-state index in [0.29, 0.717) is 46.1 Å². The minimum atomic E-state index is -0.482. The number of aromatic amines is 1. The van der Waals surface area contributed by atoms with Crippen molar-refractivity contribution in [1.82, 2.24) is 20.4 Å². The molecule has 38 heavy (non-hydrogen) atoms. The summed E-state index contributed by atoms with van der Waals surface area (Å²) in [5.41, 5.74) is 4.33. The number of hydrogen-bond donors (Lipinski definition) is 3. The van der Waals surface area contributed by atoms with Crippen molar-refractivity contribution in [2.75, 3.05) is 63.2 Å². The highest BCUT2D eigenvalue weighted by Gasteiger charge is 2.20. The van der Waals surface area contributed by atoms with Crippen LogP contribution in [-0.4, -0.2) is 80.0 Å². The number of H-pyrrole nitrogens is 1. The summed E-state index contributed by atoms with van der Waals surface area (Å²) in [4.78, 5) is 17.4. The number of anilines is 2. The minimum Gasteiger partial charge on any atom is -0.507 e. The molecule has 0 radical (unpaired) electrons. The fraction of sp³-hybridized carbons (Fsp3) is 0.286. The van der Waals surface area contributed by atoms with Gasteiger partial charge in [0.15, 0.2) is 0 Å². The molecule has 0 atom stereocenters. The lowest BCUT2D eigenvalue weighted by Gasteiger charge is -2.30. The predicted octanol–water partition coefficient (Wildman–Crippen LogP) is 4.33. The average Bonchev–Trinajstić information content (AvgIpc) is 3.39. The molecule has 3 aromatic carbocycles. The lowest BCUT2D eigenvalue weighted by atomic mass is 9.95. The summed E-state index contributed by atoms with van der Waals surface area (Å²) >= 11 is 6.57. The van der Waals surface area contributed by atoms with Crippen LogP contribution in [0.25, 0.3) is 33.2 Å². The SMILES string of the molecule is CN(C)CCN(C=O)c1ccc(-c2cc(F)cc(-c3cc(N4CCNCC4)c4[nH]ncc4c3)c2O)cc1Cl. The van der Waals surface area contributed by atoms with E-state index in [1.807, 2.05) is 31.1 Å². The maximum Gasteiger partial charge on any atom is 0.214 e. The Morgan fingerprint density at radius 1 is 1.08 bits per heavy atom. The Morgan fingerprint density at radius 3 is 2.50 bits per heavy atom. The normalized spacial score (nSPS) is 13.9. The third-order valence-electron chi connectivity index (χ3n) is 6.85. The van der Waals surface area contributed by atoms with Crippen LogP contribution >= 0.6 is 11.6 Å². The van der Waals surface area contributed by atoms with E-state index in [2.05, 4.69) is 20.4 Å². The van der Waals surface area contributed by atoms with Gasteiger partial charge in [-0.2, -0.15) is 5.10 Å². The van der Waals surface area contributed by atoms with Crippen molar-refractivity contribution in [1.29, 1.82) is 0 Å². The summed E-state index contributed by atoms with van der Waals surface area (Å²) in [6.07, 6.45) is 2.47. The molecule has 0 saturated carbocycles. The monoisotopic (exact) mass is 536 g/mol. The molecule has 1 aliphatic rings. The Labute approximate surface area is 225 Å². The standard InChI is InChI=1S/C28H30ClFN6O2/c1-34(2)9-10-36(17-37)25-4-3-18(12-24(25)29)22-14-21(30)15-23(28(22)38)19-11-20-16-32-33-27(20)26(13-19)35-7-5-31-6-8-35/h3-4,11-17,31,38H,5-10H2,1-2H3,(H,32,33). The van der Waals surface area contributed by atoms with Crippen LogP contribution in [0.2, 0.25) is 5.02 Å². The molecule has 1 saturated heterocycles. The molecule has 3 N–H and O–H groups in total. The second kappa shape index (κ2) is 11.0. The number of halogens is 2. The lowest BCUT2D eigenvalue weighted by Crippen LogP contribution is -2.43. The second-order valence-electron chi connectivity index (χ2n) is 9.68. The molecule has 0 spiro atoms. The molecule has 0 aliphatic carbocycles. The van der Waals surface area contributed by atoms with Gasteiger partial charge in [-0.05, 0) is 61.6 Å². The van der Waals surface area contributed by atoms with Gasteiger partial charge in [-0.15, -0.1) is 0 Å². The highest BCUT2D eigenvalue weighted by atomic mass is 35.5. The van der Waals surface area contributed by atoms with Crippen molar-refractivity contribution in [3.05, 3.63) is 59.5 Å². The number of aromatic hydroxyl groups is 1. The maximum absolute atomic E-state index is 15.0. The van der Waals surface area contributed by atoms with Gasteiger partial charge < -0.3 is 25.1 Å². The van der Waals surface area contributed by atoms with Crippen molar-refractivity contribution < 1.29 is 14.3 Å². The number of nitrogens with one attached hydrogen (secondary N) is 2. The van der Waals surface area contributed by atoms with Crippen LogP contribution in [-0.2, 0) is 4.79 Å². The van der Waals surface area contributed by atoms with Gasteiger partial charge in [0.05, 0.1) is 28.1 Å². The van der Waals surface area contributed by atoms with Crippen molar-refractivity contribution in [3.8, 4) is 28.0 Å². The first kappa shape index (κ1) is 26.0. The zero-order chi connectivity index (χ0) is 26.8. The molecule has 1 aliphatic heterocycles. The lowest BCUT2D eigenvalue weighted by molar-refractivity contribution is -0.107. The zero-order valence-electron chi connectivity index (χ0n) is 21.3. The average molecular weight is 537 g/mol. The molecule has 8 nitrogen and oxygen atoms in total. The Hall–Kier alpha value is -3.66. The van der Waals surface area contributed by atoms with Crippen molar-refractivity contribution in [3.63, 3.8) is 0 Å². The van der Waals surface area contributed by atoms with E-state index in [0.717, 1.165) is 49.2 Å². The molecule has 0 bridgehead atoms. The molecule has 1 amide bonds. The summed E-state index contributed by atoms with van der Waals surface area (Å²) in [6.45, 7) is 4.52. The molecule has 10 heteroatoms. The molecule has 198 valence electrons. The number of nitrogens with zero attached hydrogens (tertiary/aromatic N) is 4. The molecule has 4 aromatic rings. The zero-order valence-corrected chi connectivity index (χ0v) is 22.1. The Morgan fingerprint density at radius 2 is 1.82 bits per heavy atom. The number of piperazine rings is 1. The number of rotatable bonds is 8. The fourth-order valence-corrected chi connectivity index (χ4v) is 5.12. The third-order valence-corrected chi connectivity index (χ3v) is 7.16. The first-order valence-corrected chi connectivity index (χ1v) is 12.9. The van der Waals surface area contributed by atoms with Gasteiger partial charge in [-0.25, -0.2) is 4.39 Å². The van der Waals surface area contributed by atoms with E-state index in [4.69, 9.17) is 11.6 Å². The molecule has 0 unspecified atom stereocenters. The van der Waals surface area contributed by atoms with Crippen LogP contribution in [0.4, 0.5) is 15.8 Å². The molecule has 2 heterocycles. The van der Waals surface area contributed by atoms with Crippen LogP contribution in [0.1, 0.15) is 0 Å². The largest absolute Gasteiger partial charge is 0.507 e. The maximum atomic E-state index is 15.0. The van der Waals surface area contributed by atoms with Gasteiger partial charge in [-0.1, -0.05) is 17.7 Å². The minimum absolute atomic E-state index is 0.0517. The van der Waals surface area contributed by atoms with E-state index in [1.54, 1.807) is 24.4 Å². The topological polar surface area (TPSA) is 87.7 Å². The van der Waals surface area contributed by atoms with Gasteiger partial charge in [-0.3, -0.25) is 9.89 Å². The number of phenolic OH excluding ortho intramolecular Hbond substituents is 1. The highest BCUT2D eigenvalue weighted by molar-refractivity contribution is 6.34. The van der Waals surface area contributed by atoms with Crippen LogP contribution in [0.15, 0.2) is 48.7 Å². The number of carbonyl (C=O) groups excluding carboxylic acids is 1. The number of phenols is 1. The molecular formula is C28H30ClFN6O2. The van der Waals surface area contributed by atoms with Gasteiger partial charge in [0.2, 0.25) is 6.41 Å². The molecule has 1 fully saturated rings. The summed E-state index contributed by atoms with van der Waals surface area (Å²) in [5.74, 6) is -0.534. The van der Waals surface area contributed by atoms with E-state index in [1.165, 1.54) is 17.0 Å². The summed E-state index contributed by atoms with van der Waals surface area (Å²) in [5, 5.41) is 23.2. The first-order valence-electron chi connectivity index (χ1n) is 12.5. The predicted molar refractivity (Wildman–Crippen MR) is 151 cm³/mol. The number of carbonyl (C=O) groups is 1.